The fraction of sp³-hybridized carbons (Fsp3) is 0.625. The minimum atomic E-state index is 0.842. The lowest BCUT2D eigenvalue weighted by atomic mass is 9.77. The zero-order valence-corrected chi connectivity index (χ0v) is 10.7. The summed E-state index contributed by atoms with van der Waals surface area (Å²) in [6.45, 7) is 4.58. The summed E-state index contributed by atoms with van der Waals surface area (Å²) in [6, 6.07) is 9.24. The van der Waals surface area contributed by atoms with Crippen LogP contribution in [0.5, 0.6) is 0 Å². The van der Waals surface area contributed by atoms with Crippen molar-refractivity contribution in [3.8, 4) is 0 Å². The van der Waals surface area contributed by atoms with Crippen LogP contribution in [0.15, 0.2) is 24.3 Å². The highest BCUT2D eigenvalue weighted by atomic mass is 14.3. The molecule has 0 atom stereocenters. The maximum absolute atomic E-state index is 2.43. The Balaban J connectivity index is 2.02. The second-order valence-electron chi connectivity index (χ2n) is 5.22. The zero-order chi connectivity index (χ0) is 11.4. The van der Waals surface area contributed by atoms with E-state index in [0.29, 0.717) is 0 Å². The van der Waals surface area contributed by atoms with Crippen LogP contribution in [0.3, 0.4) is 0 Å². The van der Waals surface area contributed by atoms with Crippen molar-refractivity contribution in [1.29, 1.82) is 0 Å². The third kappa shape index (κ3) is 2.66. The van der Waals surface area contributed by atoms with E-state index >= 15 is 0 Å². The van der Waals surface area contributed by atoms with Crippen molar-refractivity contribution in [3.63, 3.8) is 0 Å². The topological polar surface area (TPSA) is 0 Å². The maximum Gasteiger partial charge on any atom is -0.0162 e. The normalized spacial score (nSPS) is 25.6. The largest absolute Gasteiger partial charge is 0.0651 e. The summed E-state index contributed by atoms with van der Waals surface area (Å²) >= 11 is 0. The molecule has 1 fully saturated rings. The van der Waals surface area contributed by atoms with Crippen molar-refractivity contribution < 1.29 is 0 Å². The van der Waals surface area contributed by atoms with Gasteiger partial charge < -0.3 is 0 Å². The van der Waals surface area contributed by atoms with Gasteiger partial charge in [-0.2, -0.15) is 0 Å². The van der Waals surface area contributed by atoms with Crippen LogP contribution >= 0.6 is 0 Å². The lowest BCUT2D eigenvalue weighted by molar-refractivity contribution is 0.318. The SMILES string of the molecule is CCc1cccc(C2CCC(CC)CC2)c1. The van der Waals surface area contributed by atoms with Crippen LogP contribution in [0, 0.1) is 5.92 Å². The van der Waals surface area contributed by atoms with Crippen LogP contribution in [0.25, 0.3) is 0 Å². The number of aryl methyl sites for hydroxylation is 1. The highest BCUT2D eigenvalue weighted by Crippen LogP contribution is 2.37. The average Bonchev–Trinajstić information content (AvgIpc) is 2.39. The Kier molecular flexibility index (Phi) is 4.04. The molecular formula is C16H24. The lowest BCUT2D eigenvalue weighted by Gasteiger charge is -2.28. The average molecular weight is 216 g/mol. The molecular weight excluding hydrogens is 192 g/mol. The van der Waals surface area contributed by atoms with Crippen LogP contribution < -0.4 is 0 Å². The van der Waals surface area contributed by atoms with Crippen molar-refractivity contribution in [2.75, 3.05) is 0 Å². The summed E-state index contributed by atoms with van der Waals surface area (Å²) in [7, 11) is 0. The third-order valence-corrected chi connectivity index (χ3v) is 4.25. The number of rotatable bonds is 3. The second kappa shape index (κ2) is 5.52. The Bertz CT molecular complexity index is 319. The fourth-order valence-electron chi connectivity index (χ4n) is 2.97. The van der Waals surface area contributed by atoms with E-state index in [1.165, 1.54) is 37.7 Å². The lowest BCUT2D eigenvalue weighted by Crippen LogP contribution is -2.12. The molecule has 0 N–H and O–H groups in total. The van der Waals surface area contributed by atoms with E-state index in [0.717, 1.165) is 18.3 Å². The Morgan fingerprint density at radius 2 is 1.81 bits per heavy atom. The first-order chi connectivity index (χ1) is 7.83. The maximum atomic E-state index is 2.43. The standard InChI is InChI=1S/C16H24/c1-3-13-8-10-15(11-9-13)16-7-5-6-14(4-2)12-16/h5-7,12-13,15H,3-4,8-11H2,1-2H3. The Hall–Kier alpha value is -0.780. The van der Waals surface area contributed by atoms with Crippen molar-refractivity contribution >= 4 is 0 Å². The first-order valence-electron chi connectivity index (χ1n) is 6.92. The van der Waals surface area contributed by atoms with Gasteiger partial charge in [-0.3, -0.25) is 0 Å². The van der Waals surface area contributed by atoms with Gasteiger partial charge in [-0.15, -0.1) is 0 Å². The van der Waals surface area contributed by atoms with Gasteiger partial charge in [0.25, 0.3) is 0 Å². The van der Waals surface area contributed by atoms with E-state index in [1.807, 2.05) is 0 Å². The van der Waals surface area contributed by atoms with E-state index < -0.39 is 0 Å². The van der Waals surface area contributed by atoms with Gasteiger partial charge in [0.15, 0.2) is 0 Å². The molecule has 0 spiro atoms. The molecule has 0 aromatic heterocycles. The molecule has 0 aliphatic heterocycles. The van der Waals surface area contributed by atoms with Crippen LogP contribution in [-0.4, -0.2) is 0 Å². The van der Waals surface area contributed by atoms with Crippen LogP contribution in [0.2, 0.25) is 0 Å². The van der Waals surface area contributed by atoms with Gasteiger partial charge in [-0.1, -0.05) is 44.5 Å². The van der Waals surface area contributed by atoms with Gasteiger partial charge in [-0.05, 0) is 55.1 Å². The summed E-state index contributed by atoms with van der Waals surface area (Å²) in [5.74, 6) is 1.85. The molecule has 16 heavy (non-hydrogen) atoms. The monoisotopic (exact) mass is 216 g/mol. The van der Waals surface area contributed by atoms with E-state index in [4.69, 9.17) is 0 Å². The van der Waals surface area contributed by atoms with Crippen molar-refractivity contribution in [3.05, 3.63) is 35.4 Å². The first kappa shape index (κ1) is 11.7. The third-order valence-electron chi connectivity index (χ3n) is 4.25. The summed E-state index contributed by atoms with van der Waals surface area (Å²) in [4.78, 5) is 0. The molecule has 0 unspecified atom stereocenters. The molecule has 0 heterocycles. The first-order valence-corrected chi connectivity index (χ1v) is 6.92. The van der Waals surface area contributed by atoms with Crippen molar-refractivity contribution in [1.82, 2.24) is 0 Å². The van der Waals surface area contributed by atoms with Gasteiger partial charge in [0.2, 0.25) is 0 Å². The Labute approximate surface area is 100 Å². The van der Waals surface area contributed by atoms with E-state index in [-0.39, 0.29) is 0 Å². The van der Waals surface area contributed by atoms with Crippen molar-refractivity contribution in [2.45, 2.75) is 58.3 Å². The molecule has 1 saturated carbocycles. The predicted molar refractivity (Wildman–Crippen MR) is 70.8 cm³/mol. The van der Waals surface area contributed by atoms with Crippen LogP contribution in [-0.2, 0) is 6.42 Å². The highest BCUT2D eigenvalue weighted by Gasteiger charge is 2.21. The zero-order valence-electron chi connectivity index (χ0n) is 10.7. The Morgan fingerprint density at radius 1 is 1.06 bits per heavy atom. The van der Waals surface area contributed by atoms with Crippen LogP contribution in [0.4, 0.5) is 0 Å². The summed E-state index contributed by atoms with van der Waals surface area (Å²) in [6.07, 6.45) is 8.24. The van der Waals surface area contributed by atoms with E-state index in [9.17, 15) is 0 Å². The molecule has 1 aromatic carbocycles. The summed E-state index contributed by atoms with van der Waals surface area (Å²) in [5.41, 5.74) is 3.09. The number of benzene rings is 1. The molecule has 1 aliphatic carbocycles. The van der Waals surface area contributed by atoms with Gasteiger partial charge in [-0.25, -0.2) is 0 Å². The fourth-order valence-corrected chi connectivity index (χ4v) is 2.97. The molecule has 0 bridgehead atoms. The van der Waals surface area contributed by atoms with E-state index in [1.54, 1.807) is 5.56 Å². The molecule has 0 amide bonds. The highest BCUT2D eigenvalue weighted by molar-refractivity contribution is 5.26. The van der Waals surface area contributed by atoms with Crippen LogP contribution in [0.1, 0.15) is 63.0 Å². The molecule has 0 heteroatoms. The predicted octanol–water partition coefficient (Wildman–Crippen LogP) is 4.93. The molecule has 0 nitrogen and oxygen atoms in total. The second-order valence-corrected chi connectivity index (χ2v) is 5.22. The molecule has 2 rings (SSSR count). The number of hydrogen-bond acceptors (Lipinski definition) is 0. The van der Waals surface area contributed by atoms with Crippen molar-refractivity contribution in [2.24, 2.45) is 5.92 Å². The quantitative estimate of drug-likeness (QED) is 0.672. The molecule has 0 radical (unpaired) electrons. The molecule has 1 aromatic rings. The van der Waals surface area contributed by atoms with Gasteiger partial charge in [0, 0.05) is 0 Å². The smallest absolute Gasteiger partial charge is 0.0162 e. The summed E-state index contributed by atoms with van der Waals surface area (Å²) < 4.78 is 0. The molecule has 88 valence electrons. The van der Waals surface area contributed by atoms with Gasteiger partial charge in [0.1, 0.15) is 0 Å². The summed E-state index contributed by atoms with van der Waals surface area (Å²) in [5, 5.41) is 0. The minimum Gasteiger partial charge on any atom is -0.0651 e. The molecule has 0 saturated heterocycles. The minimum absolute atomic E-state index is 0.842. The Morgan fingerprint density at radius 3 is 2.44 bits per heavy atom. The number of hydrogen-bond donors (Lipinski definition) is 0. The van der Waals surface area contributed by atoms with Gasteiger partial charge >= 0.3 is 0 Å². The van der Waals surface area contributed by atoms with Gasteiger partial charge in [0.05, 0.1) is 0 Å². The van der Waals surface area contributed by atoms with E-state index in [2.05, 4.69) is 38.1 Å². The molecule has 1 aliphatic rings.